The maximum Gasteiger partial charge on any atom is 0.119 e. The summed E-state index contributed by atoms with van der Waals surface area (Å²) < 4.78 is 5.66. The molecule has 2 heteroatoms. The van der Waals surface area contributed by atoms with Crippen molar-refractivity contribution in [2.45, 2.75) is 65.3 Å². The molecule has 0 heterocycles. The summed E-state index contributed by atoms with van der Waals surface area (Å²) in [6.45, 7) is 7.53. The topological polar surface area (TPSA) is 35.2 Å². The molecule has 2 rings (SSSR count). The van der Waals surface area contributed by atoms with Gasteiger partial charge in [0.05, 0.1) is 6.61 Å². The van der Waals surface area contributed by atoms with Gasteiger partial charge in [-0.25, -0.2) is 0 Å². The first-order valence-corrected chi connectivity index (χ1v) is 8.56. The zero-order chi connectivity index (χ0) is 15.3. The Balaban J connectivity index is 2.11. The molecule has 0 aliphatic heterocycles. The Morgan fingerprint density at radius 1 is 1.14 bits per heavy atom. The molecule has 0 aromatic heterocycles. The molecular weight excluding hydrogens is 258 g/mol. The first kappa shape index (κ1) is 16.4. The molecule has 1 aliphatic carbocycles. The van der Waals surface area contributed by atoms with Crippen molar-refractivity contribution >= 4 is 0 Å². The minimum absolute atomic E-state index is 0.155. The summed E-state index contributed by atoms with van der Waals surface area (Å²) in [5.41, 5.74) is 8.26. The summed E-state index contributed by atoms with van der Waals surface area (Å²) in [5, 5.41) is 0. The van der Waals surface area contributed by atoms with E-state index in [1.165, 1.54) is 37.7 Å². The van der Waals surface area contributed by atoms with Crippen LogP contribution in [0.3, 0.4) is 0 Å². The second kappa shape index (κ2) is 7.31. The summed E-state index contributed by atoms with van der Waals surface area (Å²) in [7, 11) is 0. The standard InChI is InChI=1S/C19H31NO/c1-4-13-21-17-9-7-16(8-10-17)18(20)19(14-15(2)3)11-5-6-12-19/h7-10,15,18H,4-6,11-14,20H2,1-3H3. The van der Waals surface area contributed by atoms with Crippen molar-refractivity contribution in [3.63, 3.8) is 0 Å². The molecule has 1 atom stereocenters. The molecule has 1 unspecified atom stereocenters. The van der Waals surface area contributed by atoms with Crippen LogP contribution in [0.4, 0.5) is 0 Å². The predicted octanol–water partition coefficient (Wildman–Crippen LogP) is 5.08. The summed E-state index contributed by atoms with van der Waals surface area (Å²) in [5.74, 6) is 1.67. The lowest BCUT2D eigenvalue weighted by atomic mass is 9.71. The molecule has 0 amide bonds. The first-order valence-electron chi connectivity index (χ1n) is 8.56. The Hall–Kier alpha value is -1.02. The summed E-state index contributed by atoms with van der Waals surface area (Å²) in [6, 6.07) is 8.63. The molecule has 1 fully saturated rings. The highest BCUT2D eigenvalue weighted by Crippen LogP contribution is 2.50. The normalized spacial score (nSPS) is 18.9. The van der Waals surface area contributed by atoms with Gasteiger partial charge in [0.15, 0.2) is 0 Å². The molecule has 2 N–H and O–H groups in total. The number of ether oxygens (including phenoxy) is 1. The van der Waals surface area contributed by atoms with Gasteiger partial charge >= 0.3 is 0 Å². The fourth-order valence-corrected chi connectivity index (χ4v) is 3.88. The highest BCUT2D eigenvalue weighted by molar-refractivity contribution is 5.30. The Bertz CT molecular complexity index is 418. The Kier molecular flexibility index (Phi) is 5.69. The molecule has 0 bridgehead atoms. The van der Waals surface area contributed by atoms with Crippen LogP contribution in [0, 0.1) is 11.3 Å². The first-order chi connectivity index (χ1) is 10.1. The van der Waals surface area contributed by atoms with Gasteiger partial charge in [0.25, 0.3) is 0 Å². The van der Waals surface area contributed by atoms with Gasteiger partial charge in [-0.2, -0.15) is 0 Å². The van der Waals surface area contributed by atoms with Crippen molar-refractivity contribution in [3.05, 3.63) is 29.8 Å². The van der Waals surface area contributed by atoms with Crippen LogP contribution in [0.5, 0.6) is 5.75 Å². The monoisotopic (exact) mass is 289 g/mol. The Labute approximate surface area is 130 Å². The number of benzene rings is 1. The van der Waals surface area contributed by atoms with Crippen LogP contribution in [0.1, 0.15) is 70.9 Å². The third-order valence-corrected chi connectivity index (χ3v) is 4.79. The Morgan fingerprint density at radius 2 is 1.76 bits per heavy atom. The SMILES string of the molecule is CCCOc1ccc(C(N)C2(CC(C)C)CCCC2)cc1. The largest absolute Gasteiger partial charge is 0.494 e. The summed E-state index contributed by atoms with van der Waals surface area (Å²) in [4.78, 5) is 0. The number of nitrogens with two attached hydrogens (primary N) is 1. The molecular formula is C19H31NO. The zero-order valence-electron chi connectivity index (χ0n) is 13.9. The van der Waals surface area contributed by atoms with Gasteiger partial charge in [0, 0.05) is 6.04 Å². The molecule has 1 aromatic rings. The van der Waals surface area contributed by atoms with Crippen molar-refractivity contribution < 1.29 is 4.74 Å². The highest BCUT2D eigenvalue weighted by atomic mass is 16.5. The van der Waals surface area contributed by atoms with Crippen LogP contribution in [-0.2, 0) is 0 Å². The lowest BCUT2D eigenvalue weighted by molar-refractivity contribution is 0.183. The van der Waals surface area contributed by atoms with Gasteiger partial charge in [0.2, 0.25) is 0 Å². The lowest BCUT2D eigenvalue weighted by Gasteiger charge is -2.37. The third kappa shape index (κ3) is 4.00. The predicted molar refractivity (Wildman–Crippen MR) is 89.5 cm³/mol. The van der Waals surface area contributed by atoms with E-state index in [2.05, 4.69) is 45.0 Å². The van der Waals surface area contributed by atoms with Crippen LogP contribution < -0.4 is 10.5 Å². The number of rotatable bonds is 7. The van der Waals surface area contributed by atoms with E-state index in [4.69, 9.17) is 10.5 Å². The number of hydrogen-bond acceptors (Lipinski definition) is 2. The highest BCUT2D eigenvalue weighted by Gasteiger charge is 2.40. The van der Waals surface area contributed by atoms with Crippen LogP contribution in [-0.4, -0.2) is 6.61 Å². The van der Waals surface area contributed by atoms with E-state index in [-0.39, 0.29) is 6.04 Å². The molecule has 1 saturated carbocycles. The van der Waals surface area contributed by atoms with Gasteiger partial charge in [-0.3, -0.25) is 0 Å². The van der Waals surface area contributed by atoms with Crippen molar-refractivity contribution in [3.8, 4) is 5.75 Å². The van der Waals surface area contributed by atoms with Crippen LogP contribution in [0.2, 0.25) is 0 Å². The second-order valence-electron chi connectivity index (χ2n) is 7.06. The molecule has 1 aromatic carbocycles. The van der Waals surface area contributed by atoms with Crippen molar-refractivity contribution in [1.29, 1.82) is 0 Å². The van der Waals surface area contributed by atoms with E-state index in [9.17, 15) is 0 Å². The van der Waals surface area contributed by atoms with Crippen molar-refractivity contribution in [2.75, 3.05) is 6.61 Å². The quantitative estimate of drug-likeness (QED) is 0.759. The average molecular weight is 289 g/mol. The van der Waals surface area contributed by atoms with Crippen LogP contribution in [0.25, 0.3) is 0 Å². The zero-order valence-corrected chi connectivity index (χ0v) is 13.9. The van der Waals surface area contributed by atoms with E-state index in [0.29, 0.717) is 11.3 Å². The molecule has 0 radical (unpaired) electrons. The smallest absolute Gasteiger partial charge is 0.119 e. The van der Waals surface area contributed by atoms with Crippen LogP contribution in [0.15, 0.2) is 24.3 Å². The van der Waals surface area contributed by atoms with E-state index in [1.807, 2.05) is 0 Å². The van der Waals surface area contributed by atoms with Crippen molar-refractivity contribution in [2.24, 2.45) is 17.1 Å². The maximum atomic E-state index is 6.69. The second-order valence-corrected chi connectivity index (χ2v) is 7.06. The lowest BCUT2D eigenvalue weighted by Crippen LogP contribution is -2.33. The van der Waals surface area contributed by atoms with Gasteiger partial charge in [-0.15, -0.1) is 0 Å². The van der Waals surface area contributed by atoms with Gasteiger partial charge in [0.1, 0.15) is 5.75 Å². The Morgan fingerprint density at radius 3 is 2.29 bits per heavy atom. The fourth-order valence-electron chi connectivity index (χ4n) is 3.88. The number of hydrogen-bond donors (Lipinski definition) is 1. The fraction of sp³-hybridized carbons (Fsp3) is 0.684. The minimum atomic E-state index is 0.155. The molecule has 1 aliphatic rings. The maximum absolute atomic E-state index is 6.69. The van der Waals surface area contributed by atoms with E-state index < -0.39 is 0 Å². The molecule has 0 spiro atoms. The van der Waals surface area contributed by atoms with E-state index >= 15 is 0 Å². The average Bonchev–Trinajstić information content (AvgIpc) is 2.93. The van der Waals surface area contributed by atoms with Gasteiger partial charge in [-0.05, 0) is 54.7 Å². The van der Waals surface area contributed by atoms with Gasteiger partial charge < -0.3 is 10.5 Å². The molecule has 2 nitrogen and oxygen atoms in total. The molecule has 0 saturated heterocycles. The van der Waals surface area contributed by atoms with Gasteiger partial charge in [-0.1, -0.05) is 45.7 Å². The minimum Gasteiger partial charge on any atom is -0.494 e. The van der Waals surface area contributed by atoms with Crippen LogP contribution >= 0.6 is 0 Å². The molecule has 118 valence electrons. The van der Waals surface area contributed by atoms with E-state index in [1.54, 1.807) is 0 Å². The summed E-state index contributed by atoms with van der Waals surface area (Å²) in [6.07, 6.45) is 7.50. The van der Waals surface area contributed by atoms with E-state index in [0.717, 1.165) is 18.8 Å². The third-order valence-electron chi connectivity index (χ3n) is 4.79. The molecule has 21 heavy (non-hydrogen) atoms. The van der Waals surface area contributed by atoms with Crippen molar-refractivity contribution in [1.82, 2.24) is 0 Å². The summed E-state index contributed by atoms with van der Waals surface area (Å²) >= 11 is 0.